The molecule has 0 aromatic heterocycles. The number of benzene rings is 2. The van der Waals surface area contributed by atoms with Crippen molar-refractivity contribution >= 4 is 40.4 Å². The second-order valence-electron chi connectivity index (χ2n) is 5.35. The molecule has 0 unspecified atom stereocenters. The van der Waals surface area contributed by atoms with Crippen LogP contribution in [0.1, 0.15) is 11.1 Å². The summed E-state index contributed by atoms with van der Waals surface area (Å²) in [4.78, 5) is 24.9. The number of alkyl halides is 3. The highest BCUT2D eigenvalue weighted by Crippen LogP contribution is 2.34. The first-order chi connectivity index (χ1) is 12.1. The molecule has 0 atom stereocenters. The van der Waals surface area contributed by atoms with Gasteiger partial charge in [0.15, 0.2) is 0 Å². The Labute approximate surface area is 157 Å². The van der Waals surface area contributed by atoms with Crippen LogP contribution in [-0.4, -0.2) is 23.3 Å². The molecule has 9 heteroatoms. The van der Waals surface area contributed by atoms with Crippen molar-refractivity contribution in [3.8, 4) is 0 Å². The quantitative estimate of drug-likeness (QED) is 0.507. The second-order valence-corrected chi connectivity index (χ2v) is 6.79. The zero-order valence-corrected chi connectivity index (χ0v) is 15.3. The summed E-state index contributed by atoms with van der Waals surface area (Å²) in [6.07, 6.45) is -4.36. The van der Waals surface area contributed by atoms with Gasteiger partial charge in [-0.15, -0.1) is 0 Å². The van der Waals surface area contributed by atoms with Gasteiger partial charge in [-0.25, -0.2) is 4.79 Å². The van der Waals surface area contributed by atoms with E-state index >= 15 is 0 Å². The number of amides is 3. The third-order valence-corrected chi connectivity index (χ3v) is 4.84. The summed E-state index contributed by atoms with van der Waals surface area (Å²) in [5.41, 5.74) is 0.580. The minimum absolute atomic E-state index is 0.467. The normalized spacial score (nSPS) is 11.2. The standard InChI is InChI=1S/C17H14ClF3N2O2S/c1-10-9-12(22-16(25)23(2)15(18)24)5-8-14(10)26-13-6-3-11(4-7-13)17(19,20)21/h3-9H,1-2H3,(H,22,25). The van der Waals surface area contributed by atoms with Crippen molar-refractivity contribution in [2.45, 2.75) is 22.9 Å². The van der Waals surface area contributed by atoms with E-state index in [1.54, 1.807) is 25.1 Å². The van der Waals surface area contributed by atoms with Crippen LogP contribution in [0.5, 0.6) is 0 Å². The van der Waals surface area contributed by atoms with E-state index in [4.69, 9.17) is 11.6 Å². The topological polar surface area (TPSA) is 49.4 Å². The number of rotatable bonds is 3. The first-order valence-electron chi connectivity index (χ1n) is 7.28. The zero-order valence-electron chi connectivity index (χ0n) is 13.7. The molecular weight excluding hydrogens is 389 g/mol. The van der Waals surface area contributed by atoms with Crippen molar-refractivity contribution in [1.82, 2.24) is 4.90 Å². The van der Waals surface area contributed by atoms with E-state index in [-0.39, 0.29) is 0 Å². The molecule has 2 rings (SSSR count). The van der Waals surface area contributed by atoms with Gasteiger partial charge in [-0.3, -0.25) is 9.69 Å². The smallest absolute Gasteiger partial charge is 0.307 e. The molecule has 0 fully saturated rings. The van der Waals surface area contributed by atoms with E-state index < -0.39 is 23.1 Å². The Morgan fingerprint density at radius 2 is 1.73 bits per heavy atom. The van der Waals surface area contributed by atoms with Crippen LogP contribution in [0.15, 0.2) is 52.3 Å². The molecule has 0 aliphatic carbocycles. The number of nitrogens with zero attached hydrogens (tertiary/aromatic N) is 1. The molecule has 2 aromatic rings. The number of urea groups is 1. The summed E-state index contributed by atoms with van der Waals surface area (Å²) in [5.74, 6) is 0. The number of anilines is 1. The van der Waals surface area contributed by atoms with Crippen molar-refractivity contribution in [3.63, 3.8) is 0 Å². The summed E-state index contributed by atoms with van der Waals surface area (Å²) in [7, 11) is 1.24. The molecule has 138 valence electrons. The molecule has 2 aromatic carbocycles. The van der Waals surface area contributed by atoms with Crippen molar-refractivity contribution < 1.29 is 22.8 Å². The van der Waals surface area contributed by atoms with Gasteiger partial charge < -0.3 is 5.32 Å². The van der Waals surface area contributed by atoms with Crippen molar-refractivity contribution in [2.75, 3.05) is 12.4 Å². The van der Waals surface area contributed by atoms with Crippen LogP contribution in [0.3, 0.4) is 0 Å². The van der Waals surface area contributed by atoms with E-state index in [2.05, 4.69) is 5.32 Å². The third kappa shape index (κ3) is 5.15. The summed E-state index contributed by atoms with van der Waals surface area (Å²) >= 11 is 6.53. The average Bonchev–Trinajstić information content (AvgIpc) is 2.56. The molecule has 4 nitrogen and oxygen atoms in total. The van der Waals surface area contributed by atoms with Gasteiger partial charge in [0.05, 0.1) is 5.56 Å². The van der Waals surface area contributed by atoms with E-state index in [0.717, 1.165) is 27.5 Å². The number of carbonyl (C=O) groups excluding carboxylic acids is 2. The number of hydrogen-bond donors (Lipinski definition) is 1. The van der Waals surface area contributed by atoms with Crippen molar-refractivity contribution in [3.05, 3.63) is 53.6 Å². The molecular formula is C17H14ClF3N2O2S. The molecule has 3 amide bonds. The van der Waals surface area contributed by atoms with Gasteiger partial charge in [0.1, 0.15) is 0 Å². The molecule has 0 aliphatic rings. The Bertz CT molecular complexity index is 826. The Morgan fingerprint density at radius 3 is 2.23 bits per heavy atom. The number of hydrogen-bond acceptors (Lipinski definition) is 3. The summed E-state index contributed by atoms with van der Waals surface area (Å²) in [6, 6.07) is 9.26. The number of carbonyl (C=O) groups is 2. The second kappa shape index (κ2) is 8.01. The average molecular weight is 403 g/mol. The fraction of sp³-hybridized carbons (Fsp3) is 0.176. The van der Waals surface area contributed by atoms with Crippen molar-refractivity contribution in [2.24, 2.45) is 0 Å². The summed E-state index contributed by atoms with van der Waals surface area (Å²) in [6.45, 7) is 1.80. The van der Waals surface area contributed by atoms with Crippen LogP contribution in [0.25, 0.3) is 0 Å². The Kier molecular flexibility index (Phi) is 6.20. The molecule has 0 saturated heterocycles. The van der Waals surface area contributed by atoms with Crippen LogP contribution in [-0.2, 0) is 6.18 Å². The summed E-state index contributed by atoms with van der Waals surface area (Å²) < 4.78 is 37.8. The van der Waals surface area contributed by atoms with E-state index in [9.17, 15) is 22.8 Å². The van der Waals surface area contributed by atoms with Crippen LogP contribution in [0.4, 0.5) is 28.4 Å². The minimum atomic E-state index is -4.36. The molecule has 26 heavy (non-hydrogen) atoms. The van der Waals surface area contributed by atoms with E-state index in [1.165, 1.54) is 30.9 Å². The van der Waals surface area contributed by atoms with E-state index in [1.807, 2.05) is 0 Å². The highest BCUT2D eigenvalue weighted by molar-refractivity contribution is 7.99. The maximum Gasteiger partial charge on any atom is 0.416 e. The van der Waals surface area contributed by atoms with Gasteiger partial charge in [-0.05, 0) is 66.6 Å². The fourth-order valence-electron chi connectivity index (χ4n) is 1.97. The first-order valence-corrected chi connectivity index (χ1v) is 8.47. The molecule has 0 aliphatic heterocycles. The number of imide groups is 1. The molecule has 0 spiro atoms. The SMILES string of the molecule is Cc1cc(NC(=O)N(C)C(=O)Cl)ccc1Sc1ccc(C(F)(F)F)cc1. The van der Waals surface area contributed by atoms with Gasteiger partial charge in [0.25, 0.3) is 0 Å². The number of nitrogens with one attached hydrogen (secondary N) is 1. The lowest BCUT2D eigenvalue weighted by Crippen LogP contribution is -2.33. The molecule has 1 N–H and O–H groups in total. The molecule has 0 heterocycles. The van der Waals surface area contributed by atoms with Gasteiger partial charge in [-0.2, -0.15) is 13.2 Å². The van der Waals surface area contributed by atoms with Crippen LogP contribution in [0.2, 0.25) is 0 Å². The molecule has 0 bridgehead atoms. The maximum atomic E-state index is 12.6. The highest BCUT2D eigenvalue weighted by Gasteiger charge is 2.29. The Morgan fingerprint density at radius 1 is 1.12 bits per heavy atom. The molecule has 0 radical (unpaired) electrons. The Hall–Kier alpha value is -2.19. The summed E-state index contributed by atoms with van der Waals surface area (Å²) in [5, 5.41) is 1.62. The number of aryl methyl sites for hydroxylation is 1. The highest BCUT2D eigenvalue weighted by atomic mass is 35.5. The zero-order chi connectivity index (χ0) is 19.5. The van der Waals surface area contributed by atoms with Gasteiger partial charge in [0, 0.05) is 22.5 Å². The fourth-order valence-corrected chi connectivity index (χ4v) is 2.93. The lowest BCUT2D eigenvalue weighted by Gasteiger charge is -2.14. The van der Waals surface area contributed by atoms with Gasteiger partial charge in [-0.1, -0.05) is 11.8 Å². The lowest BCUT2D eigenvalue weighted by molar-refractivity contribution is -0.137. The predicted octanol–water partition coefficient (Wildman–Crippen LogP) is 5.99. The lowest BCUT2D eigenvalue weighted by atomic mass is 10.2. The molecule has 0 saturated carbocycles. The third-order valence-electron chi connectivity index (χ3n) is 3.40. The largest absolute Gasteiger partial charge is 0.416 e. The van der Waals surface area contributed by atoms with Gasteiger partial charge in [0.2, 0.25) is 0 Å². The van der Waals surface area contributed by atoms with Crippen LogP contribution < -0.4 is 5.32 Å². The predicted molar refractivity (Wildman–Crippen MR) is 94.8 cm³/mol. The van der Waals surface area contributed by atoms with Crippen LogP contribution >= 0.6 is 23.4 Å². The maximum absolute atomic E-state index is 12.6. The van der Waals surface area contributed by atoms with Crippen LogP contribution in [0, 0.1) is 6.92 Å². The van der Waals surface area contributed by atoms with Crippen molar-refractivity contribution in [1.29, 1.82) is 0 Å². The number of halogens is 4. The first kappa shape index (κ1) is 20.1. The van der Waals surface area contributed by atoms with E-state index in [0.29, 0.717) is 10.6 Å². The minimum Gasteiger partial charge on any atom is -0.307 e. The monoisotopic (exact) mass is 402 g/mol. The van der Waals surface area contributed by atoms with Gasteiger partial charge >= 0.3 is 17.6 Å². The Balaban J connectivity index is 2.10.